The van der Waals surface area contributed by atoms with E-state index in [4.69, 9.17) is 9.47 Å². The summed E-state index contributed by atoms with van der Waals surface area (Å²) >= 11 is 0. The predicted molar refractivity (Wildman–Crippen MR) is 116 cm³/mol. The Kier molecular flexibility index (Phi) is 22.9. The summed E-state index contributed by atoms with van der Waals surface area (Å²) in [5.41, 5.74) is 0. The van der Waals surface area contributed by atoms with Gasteiger partial charge in [-0.15, -0.1) is 0 Å². The van der Waals surface area contributed by atoms with E-state index in [9.17, 15) is 0 Å². The highest BCUT2D eigenvalue weighted by molar-refractivity contribution is 4.52. The van der Waals surface area contributed by atoms with Crippen molar-refractivity contribution in [3.05, 3.63) is 0 Å². The van der Waals surface area contributed by atoms with Crippen LogP contribution in [-0.2, 0) is 9.47 Å². The summed E-state index contributed by atoms with van der Waals surface area (Å²) in [6, 6.07) is 0. The van der Waals surface area contributed by atoms with Crippen molar-refractivity contribution in [3.8, 4) is 0 Å². The summed E-state index contributed by atoms with van der Waals surface area (Å²) < 4.78 is 11.7. The van der Waals surface area contributed by atoms with Crippen molar-refractivity contribution in [1.82, 2.24) is 0 Å². The SMILES string of the molecule is CCCCCCCCCCOCCC(C)OCCCCCCCCCC. The first-order chi connectivity index (χ1) is 12.8. The third-order valence-corrected chi connectivity index (χ3v) is 5.21. The van der Waals surface area contributed by atoms with Crippen LogP contribution in [0.25, 0.3) is 0 Å². The molecule has 158 valence electrons. The fourth-order valence-corrected chi connectivity index (χ4v) is 3.29. The van der Waals surface area contributed by atoms with Crippen LogP contribution in [0.5, 0.6) is 0 Å². The largest absolute Gasteiger partial charge is 0.381 e. The van der Waals surface area contributed by atoms with Gasteiger partial charge in [0.15, 0.2) is 0 Å². The van der Waals surface area contributed by atoms with E-state index in [2.05, 4.69) is 20.8 Å². The van der Waals surface area contributed by atoms with Gasteiger partial charge in [0.2, 0.25) is 0 Å². The molecule has 1 atom stereocenters. The zero-order valence-electron chi connectivity index (χ0n) is 18.5. The monoisotopic (exact) mass is 370 g/mol. The van der Waals surface area contributed by atoms with Gasteiger partial charge in [0, 0.05) is 19.8 Å². The van der Waals surface area contributed by atoms with E-state index in [0.717, 1.165) is 26.2 Å². The first-order valence-electron chi connectivity index (χ1n) is 12.0. The molecule has 0 radical (unpaired) electrons. The van der Waals surface area contributed by atoms with Crippen LogP contribution in [0.3, 0.4) is 0 Å². The van der Waals surface area contributed by atoms with Crippen molar-refractivity contribution in [1.29, 1.82) is 0 Å². The average Bonchev–Trinajstić information content (AvgIpc) is 2.64. The fraction of sp³-hybridized carbons (Fsp3) is 1.00. The zero-order valence-corrected chi connectivity index (χ0v) is 18.5. The Hall–Kier alpha value is -0.0800. The first kappa shape index (κ1) is 25.9. The molecular weight excluding hydrogens is 320 g/mol. The molecule has 0 N–H and O–H groups in total. The number of hydrogen-bond acceptors (Lipinski definition) is 2. The molecule has 0 saturated heterocycles. The van der Waals surface area contributed by atoms with E-state index >= 15 is 0 Å². The highest BCUT2D eigenvalue weighted by atomic mass is 16.5. The van der Waals surface area contributed by atoms with Gasteiger partial charge in [0.05, 0.1) is 6.10 Å². The van der Waals surface area contributed by atoms with Crippen LogP contribution < -0.4 is 0 Å². The van der Waals surface area contributed by atoms with E-state index in [-0.39, 0.29) is 0 Å². The Morgan fingerprint density at radius 2 is 0.923 bits per heavy atom. The normalized spacial score (nSPS) is 12.6. The van der Waals surface area contributed by atoms with Gasteiger partial charge in [-0.2, -0.15) is 0 Å². The number of unbranched alkanes of at least 4 members (excludes halogenated alkanes) is 14. The van der Waals surface area contributed by atoms with Crippen molar-refractivity contribution in [2.24, 2.45) is 0 Å². The van der Waals surface area contributed by atoms with Crippen LogP contribution in [0.1, 0.15) is 130 Å². The lowest BCUT2D eigenvalue weighted by atomic mass is 10.1. The Bertz CT molecular complexity index is 242. The molecule has 2 nitrogen and oxygen atoms in total. The van der Waals surface area contributed by atoms with Crippen molar-refractivity contribution in [3.63, 3.8) is 0 Å². The minimum Gasteiger partial charge on any atom is -0.381 e. The van der Waals surface area contributed by atoms with Gasteiger partial charge in [0.1, 0.15) is 0 Å². The summed E-state index contributed by atoms with van der Waals surface area (Å²) in [6.45, 7) is 9.45. The molecule has 0 rings (SSSR count). The summed E-state index contributed by atoms with van der Waals surface area (Å²) in [6.07, 6.45) is 23.2. The van der Waals surface area contributed by atoms with Crippen molar-refractivity contribution < 1.29 is 9.47 Å². The maximum absolute atomic E-state index is 5.90. The van der Waals surface area contributed by atoms with Crippen LogP contribution in [0.4, 0.5) is 0 Å². The molecule has 1 unspecified atom stereocenters. The average molecular weight is 371 g/mol. The molecule has 0 fully saturated rings. The van der Waals surface area contributed by atoms with E-state index < -0.39 is 0 Å². The lowest BCUT2D eigenvalue weighted by molar-refractivity contribution is 0.0291. The highest BCUT2D eigenvalue weighted by Gasteiger charge is 2.02. The Morgan fingerprint density at radius 1 is 0.500 bits per heavy atom. The first-order valence-corrected chi connectivity index (χ1v) is 12.0. The number of ether oxygens (including phenoxy) is 2. The molecule has 0 aromatic carbocycles. The van der Waals surface area contributed by atoms with Gasteiger partial charge < -0.3 is 9.47 Å². The van der Waals surface area contributed by atoms with Crippen LogP contribution in [0.15, 0.2) is 0 Å². The molecule has 26 heavy (non-hydrogen) atoms. The minimum atomic E-state index is 0.345. The molecule has 0 bridgehead atoms. The summed E-state index contributed by atoms with van der Waals surface area (Å²) in [5, 5.41) is 0. The summed E-state index contributed by atoms with van der Waals surface area (Å²) in [4.78, 5) is 0. The van der Waals surface area contributed by atoms with Crippen molar-refractivity contribution in [2.45, 2.75) is 136 Å². The smallest absolute Gasteiger partial charge is 0.0568 e. The second-order valence-electron chi connectivity index (χ2n) is 8.03. The topological polar surface area (TPSA) is 18.5 Å². The molecule has 2 heteroatoms. The molecule has 0 aromatic rings. The lowest BCUT2D eigenvalue weighted by Gasteiger charge is -2.13. The Balaban J connectivity index is 3.12. The summed E-state index contributed by atoms with van der Waals surface area (Å²) in [5.74, 6) is 0. The molecule has 0 amide bonds. The highest BCUT2D eigenvalue weighted by Crippen LogP contribution is 2.10. The Morgan fingerprint density at radius 3 is 1.42 bits per heavy atom. The number of rotatable bonds is 22. The predicted octanol–water partition coefficient (Wildman–Crippen LogP) is 8.08. The van der Waals surface area contributed by atoms with Gasteiger partial charge in [-0.05, 0) is 26.2 Å². The van der Waals surface area contributed by atoms with Crippen LogP contribution in [-0.4, -0.2) is 25.9 Å². The molecule has 0 aromatic heterocycles. The maximum Gasteiger partial charge on any atom is 0.0568 e. The fourth-order valence-electron chi connectivity index (χ4n) is 3.29. The third kappa shape index (κ3) is 22.0. The van der Waals surface area contributed by atoms with Crippen molar-refractivity contribution in [2.75, 3.05) is 19.8 Å². The molecular formula is C24H50O2. The van der Waals surface area contributed by atoms with Gasteiger partial charge in [-0.25, -0.2) is 0 Å². The standard InChI is InChI=1S/C24H50O2/c1-4-6-8-10-12-14-16-18-21-25-23-20-24(3)26-22-19-17-15-13-11-9-7-5-2/h24H,4-23H2,1-3H3. The minimum absolute atomic E-state index is 0.345. The van der Waals surface area contributed by atoms with Crippen LogP contribution >= 0.6 is 0 Å². The molecule has 0 aliphatic heterocycles. The lowest BCUT2D eigenvalue weighted by Crippen LogP contribution is -2.12. The second kappa shape index (κ2) is 23.0. The van der Waals surface area contributed by atoms with Crippen LogP contribution in [0.2, 0.25) is 0 Å². The van der Waals surface area contributed by atoms with Crippen LogP contribution in [0, 0.1) is 0 Å². The number of hydrogen-bond donors (Lipinski definition) is 0. The maximum atomic E-state index is 5.90. The molecule has 0 aliphatic carbocycles. The summed E-state index contributed by atoms with van der Waals surface area (Å²) in [7, 11) is 0. The van der Waals surface area contributed by atoms with Gasteiger partial charge in [0.25, 0.3) is 0 Å². The van der Waals surface area contributed by atoms with E-state index in [0.29, 0.717) is 6.10 Å². The van der Waals surface area contributed by atoms with Gasteiger partial charge >= 0.3 is 0 Å². The third-order valence-electron chi connectivity index (χ3n) is 5.21. The molecule has 0 heterocycles. The van der Waals surface area contributed by atoms with E-state index in [1.165, 1.54) is 103 Å². The van der Waals surface area contributed by atoms with Crippen molar-refractivity contribution >= 4 is 0 Å². The quantitative estimate of drug-likeness (QED) is 0.179. The second-order valence-corrected chi connectivity index (χ2v) is 8.03. The van der Waals surface area contributed by atoms with Gasteiger partial charge in [-0.1, -0.05) is 104 Å². The van der Waals surface area contributed by atoms with E-state index in [1.807, 2.05) is 0 Å². The zero-order chi connectivity index (χ0) is 19.1. The molecule has 0 saturated carbocycles. The molecule has 0 aliphatic rings. The molecule has 0 spiro atoms. The van der Waals surface area contributed by atoms with E-state index in [1.54, 1.807) is 0 Å². The van der Waals surface area contributed by atoms with Gasteiger partial charge in [-0.3, -0.25) is 0 Å². The Labute approximate surface area is 165 Å².